The van der Waals surface area contributed by atoms with E-state index in [0.717, 1.165) is 16.3 Å². The van der Waals surface area contributed by atoms with E-state index in [-0.39, 0.29) is 23.1 Å². The number of benzene rings is 1. The van der Waals surface area contributed by atoms with Gasteiger partial charge in [-0.1, -0.05) is 12.1 Å². The number of hydrogen-bond donors (Lipinski definition) is 1. The van der Waals surface area contributed by atoms with Gasteiger partial charge in [-0.3, -0.25) is 24.6 Å². The van der Waals surface area contributed by atoms with Crippen molar-refractivity contribution in [2.45, 2.75) is 46.2 Å². The van der Waals surface area contributed by atoms with Crippen LogP contribution in [0.1, 0.15) is 54.1 Å². The van der Waals surface area contributed by atoms with Crippen molar-refractivity contribution in [1.82, 2.24) is 14.8 Å². The Kier molecular flexibility index (Phi) is 5.23. The lowest BCUT2D eigenvalue weighted by Gasteiger charge is -2.22. The fourth-order valence-corrected chi connectivity index (χ4v) is 4.05. The van der Waals surface area contributed by atoms with Gasteiger partial charge in [0.05, 0.1) is 11.5 Å². The van der Waals surface area contributed by atoms with Crippen LogP contribution in [0.4, 0.5) is 10.5 Å². The molecule has 0 saturated carbocycles. The summed E-state index contributed by atoms with van der Waals surface area (Å²) in [7, 11) is 0. The zero-order valence-electron chi connectivity index (χ0n) is 17.6. The number of aryl methyl sites for hydroxylation is 1. The second kappa shape index (κ2) is 7.40. The van der Waals surface area contributed by atoms with Gasteiger partial charge < -0.3 is 9.88 Å². The van der Waals surface area contributed by atoms with Crippen LogP contribution in [-0.2, 0) is 10.3 Å². The Labute approximate surface area is 173 Å². The highest BCUT2D eigenvalue weighted by Gasteiger charge is 2.50. The zero-order chi connectivity index (χ0) is 22.4. The fraction of sp³-hybridized carbons (Fsp3) is 0.381. The van der Waals surface area contributed by atoms with Gasteiger partial charge in [0.1, 0.15) is 5.54 Å². The summed E-state index contributed by atoms with van der Waals surface area (Å²) in [4.78, 5) is 49.9. The predicted molar refractivity (Wildman–Crippen MR) is 109 cm³/mol. The van der Waals surface area contributed by atoms with Crippen molar-refractivity contribution in [2.24, 2.45) is 0 Å². The van der Waals surface area contributed by atoms with Crippen LogP contribution in [0, 0.1) is 24.0 Å². The molecule has 0 bridgehead atoms. The lowest BCUT2D eigenvalue weighted by atomic mass is 9.91. The van der Waals surface area contributed by atoms with Crippen LogP contribution in [0.15, 0.2) is 30.3 Å². The molecule has 1 unspecified atom stereocenters. The van der Waals surface area contributed by atoms with E-state index in [4.69, 9.17) is 0 Å². The SMILES string of the molecule is Cc1cc(C(=O)CN2C(=O)NC(C)(c3cccc([N+](=O)[O-])c3)C2=O)c(C)n1C(C)C. The quantitative estimate of drug-likeness (QED) is 0.338. The molecule has 3 rings (SSSR count). The Morgan fingerprint density at radius 3 is 2.47 bits per heavy atom. The molecule has 30 heavy (non-hydrogen) atoms. The Morgan fingerprint density at radius 1 is 1.23 bits per heavy atom. The number of nitrogens with one attached hydrogen (secondary N) is 1. The Hall–Kier alpha value is -3.49. The number of Topliss-reactive ketones (excluding diaryl/α,β-unsaturated/α-hetero) is 1. The summed E-state index contributed by atoms with van der Waals surface area (Å²) in [6.07, 6.45) is 0. The molecular weight excluding hydrogens is 388 g/mol. The minimum Gasteiger partial charge on any atom is -0.346 e. The molecule has 1 aromatic heterocycles. The van der Waals surface area contributed by atoms with Gasteiger partial charge >= 0.3 is 6.03 Å². The predicted octanol–water partition coefficient (Wildman–Crippen LogP) is 3.24. The Balaban J connectivity index is 1.89. The first-order valence-electron chi connectivity index (χ1n) is 9.58. The summed E-state index contributed by atoms with van der Waals surface area (Å²) in [5.74, 6) is -0.971. The number of imide groups is 1. The third kappa shape index (κ3) is 3.36. The Morgan fingerprint density at radius 2 is 1.90 bits per heavy atom. The molecule has 9 heteroatoms. The van der Waals surface area contributed by atoms with Crippen LogP contribution in [0.2, 0.25) is 0 Å². The molecule has 158 valence electrons. The van der Waals surface area contributed by atoms with E-state index in [0.29, 0.717) is 5.56 Å². The fourth-order valence-electron chi connectivity index (χ4n) is 4.05. The third-order valence-corrected chi connectivity index (χ3v) is 5.51. The number of aromatic nitrogens is 1. The molecule has 0 spiro atoms. The number of ketones is 1. The molecule has 2 aromatic rings. The van der Waals surface area contributed by atoms with Gasteiger partial charge in [0.2, 0.25) is 0 Å². The maximum Gasteiger partial charge on any atom is 0.325 e. The summed E-state index contributed by atoms with van der Waals surface area (Å²) in [5.41, 5.74) is 0.767. The van der Waals surface area contributed by atoms with E-state index in [1.807, 2.05) is 32.3 Å². The van der Waals surface area contributed by atoms with Crippen molar-refractivity contribution in [1.29, 1.82) is 0 Å². The van der Waals surface area contributed by atoms with E-state index >= 15 is 0 Å². The van der Waals surface area contributed by atoms with Crippen molar-refractivity contribution < 1.29 is 19.3 Å². The lowest BCUT2D eigenvalue weighted by Crippen LogP contribution is -2.41. The topological polar surface area (TPSA) is 115 Å². The molecule has 1 saturated heterocycles. The summed E-state index contributed by atoms with van der Waals surface area (Å²) in [6.45, 7) is 8.82. The summed E-state index contributed by atoms with van der Waals surface area (Å²) >= 11 is 0. The summed E-state index contributed by atoms with van der Waals surface area (Å²) < 4.78 is 2.02. The standard InChI is InChI=1S/C21H24N4O5/c1-12(2)24-13(3)9-17(14(24)4)18(26)11-23-19(27)21(5,22-20(23)28)15-7-6-8-16(10-15)25(29)30/h6-10,12H,11H2,1-5H3,(H,22,28). The van der Waals surface area contributed by atoms with E-state index in [1.165, 1.54) is 31.2 Å². The van der Waals surface area contributed by atoms with Crippen LogP contribution in [-0.4, -0.2) is 38.7 Å². The highest BCUT2D eigenvalue weighted by Crippen LogP contribution is 2.31. The first-order valence-corrected chi connectivity index (χ1v) is 9.58. The molecule has 0 radical (unpaired) electrons. The van der Waals surface area contributed by atoms with Crippen molar-refractivity contribution in [2.75, 3.05) is 6.54 Å². The second-order valence-corrected chi connectivity index (χ2v) is 7.93. The first-order chi connectivity index (χ1) is 14.0. The highest BCUT2D eigenvalue weighted by atomic mass is 16.6. The van der Waals surface area contributed by atoms with E-state index in [2.05, 4.69) is 5.32 Å². The van der Waals surface area contributed by atoms with E-state index in [1.54, 1.807) is 6.07 Å². The maximum atomic E-state index is 13.1. The number of nitrogens with zero attached hydrogens (tertiary/aromatic N) is 3. The second-order valence-electron chi connectivity index (χ2n) is 7.93. The molecule has 1 N–H and O–H groups in total. The number of non-ortho nitro benzene ring substituents is 1. The molecule has 9 nitrogen and oxygen atoms in total. The average Bonchev–Trinajstić information content (AvgIpc) is 3.09. The Bertz CT molecular complexity index is 1070. The van der Waals surface area contributed by atoms with Crippen LogP contribution >= 0.6 is 0 Å². The van der Waals surface area contributed by atoms with Crippen LogP contribution in [0.5, 0.6) is 0 Å². The molecule has 1 atom stereocenters. The highest BCUT2D eigenvalue weighted by molar-refractivity contribution is 6.11. The van der Waals surface area contributed by atoms with E-state index in [9.17, 15) is 24.5 Å². The number of nitro groups is 1. The number of amides is 3. The van der Waals surface area contributed by atoms with E-state index < -0.39 is 28.9 Å². The molecule has 2 heterocycles. The van der Waals surface area contributed by atoms with Gasteiger partial charge in [-0.05, 0) is 46.2 Å². The number of hydrogen-bond acceptors (Lipinski definition) is 5. The monoisotopic (exact) mass is 412 g/mol. The molecule has 1 aliphatic rings. The molecular formula is C21H24N4O5. The van der Waals surface area contributed by atoms with Crippen LogP contribution in [0.3, 0.4) is 0 Å². The van der Waals surface area contributed by atoms with Crippen molar-refractivity contribution in [3.8, 4) is 0 Å². The zero-order valence-corrected chi connectivity index (χ0v) is 17.6. The largest absolute Gasteiger partial charge is 0.346 e. The maximum absolute atomic E-state index is 13.1. The first kappa shape index (κ1) is 21.2. The normalized spacial score (nSPS) is 18.8. The van der Waals surface area contributed by atoms with Gasteiger partial charge in [-0.2, -0.15) is 0 Å². The van der Waals surface area contributed by atoms with Gasteiger partial charge in [-0.15, -0.1) is 0 Å². The molecule has 3 amide bonds. The summed E-state index contributed by atoms with van der Waals surface area (Å²) in [6, 6.07) is 6.76. The van der Waals surface area contributed by atoms with Gasteiger partial charge in [-0.25, -0.2) is 4.79 Å². The number of carbonyl (C=O) groups is 3. The number of carbonyl (C=O) groups excluding carboxylic acids is 3. The number of nitro benzene ring substituents is 1. The summed E-state index contributed by atoms with van der Waals surface area (Å²) in [5, 5.41) is 13.6. The third-order valence-electron chi connectivity index (χ3n) is 5.51. The number of urea groups is 1. The van der Waals surface area contributed by atoms with Gasteiger partial charge in [0.15, 0.2) is 5.78 Å². The van der Waals surface area contributed by atoms with Crippen LogP contribution in [0.25, 0.3) is 0 Å². The van der Waals surface area contributed by atoms with Crippen LogP contribution < -0.4 is 5.32 Å². The molecule has 1 fully saturated rings. The van der Waals surface area contributed by atoms with Crippen molar-refractivity contribution >= 4 is 23.4 Å². The smallest absolute Gasteiger partial charge is 0.325 e. The molecule has 1 aromatic carbocycles. The number of rotatable bonds is 6. The minimum atomic E-state index is -1.49. The van der Waals surface area contributed by atoms with Gasteiger partial charge in [0.25, 0.3) is 11.6 Å². The molecule has 1 aliphatic heterocycles. The van der Waals surface area contributed by atoms with Crippen molar-refractivity contribution in [3.63, 3.8) is 0 Å². The lowest BCUT2D eigenvalue weighted by molar-refractivity contribution is -0.385. The van der Waals surface area contributed by atoms with Gasteiger partial charge in [0, 0.05) is 35.1 Å². The van der Waals surface area contributed by atoms with Crippen molar-refractivity contribution in [3.05, 3.63) is 63.0 Å². The minimum absolute atomic E-state index is 0.167. The molecule has 0 aliphatic carbocycles. The average molecular weight is 412 g/mol.